The molecule has 0 saturated carbocycles. The number of halogens is 1. The fourth-order valence-corrected chi connectivity index (χ4v) is 2.28. The Morgan fingerprint density at radius 2 is 1.45 bits per heavy atom. The molecule has 0 aliphatic carbocycles. The molecule has 0 saturated heterocycles. The molecule has 0 aliphatic heterocycles. The monoisotopic (exact) mass is 287 g/mol. The lowest BCUT2D eigenvalue weighted by Gasteiger charge is -2.21. The lowest BCUT2D eigenvalue weighted by molar-refractivity contribution is 0.589. The van der Waals surface area contributed by atoms with Crippen LogP contribution in [0, 0.1) is 0 Å². The van der Waals surface area contributed by atoms with E-state index >= 15 is 0 Å². The van der Waals surface area contributed by atoms with Gasteiger partial charge in [-0.25, -0.2) is 0 Å². The Labute approximate surface area is 127 Å². The van der Waals surface area contributed by atoms with Crippen LogP contribution in [0.1, 0.15) is 44.9 Å². The predicted molar refractivity (Wildman–Crippen MR) is 88.6 cm³/mol. The molecule has 0 radical (unpaired) electrons. The molecule has 0 amide bonds. The molecule has 0 aliphatic rings. The number of hydrogen-bond donors (Lipinski definition) is 1. The molecule has 0 fully saturated rings. The predicted octanol–water partition coefficient (Wildman–Crippen LogP) is 5.81. The Bertz CT molecular complexity index is 549. The highest BCUT2D eigenvalue weighted by Crippen LogP contribution is 2.25. The van der Waals surface area contributed by atoms with Crippen LogP contribution >= 0.6 is 11.6 Å². The zero-order chi connectivity index (χ0) is 14.8. The van der Waals surface area contributed by atoms with E-state index < -0.39 is 0 Å². The summed E-state index contributed by atoms with van der Waals surface area (Å²) in [5, 5.41) is 4.25. The smallest absolute Gasteiger partial charge is 0.0485 e. The molecule has 0 heterocycles. The van der Waals surface area contributed by atoms with Gasteiger partial charge in [-0.15, -0.1) is 0 Å². The second-order valence-electron chi connectivity index (χ2n) is 6.24. The van der Waals surface area contributed by atoms with Gasteiger partial charge >= 0.3 is 0 Å². The van der Waals surface area contributed by atoms with Crippen LogP contribution in [0.4, 0.5) is 5.69 Å². The zero-order valence-electron chi connectivity index (χ0n) is 12.6. The number of anilines is 1. The summed E-state index contributed by atoms with van der Waals surface area (Å²) in [6, 6.07) is 16.9. The van der Waals surface area contributed by atoms with Crippen LogP contribution in [0.25, 0.3) is 0 Å². The van der Waals surface area contributed by atoms with Crippen molar-refractivity contribution in [1.29, 1.82) is 0 Å². The van der Waals surface area contributed by atoms with Crippen LogP contribution < -0.4 is 5.32 Å². The molecule has 0 spiro atoms. The van der Waals surface area contributed by atoms with Crippen molar-refractivity contribution in [1.82, 2.24) is 0 Å². The molecule has 1 N–H and O–H groups in total. The van der Waals surface area contributed by atoms with Crippen LogP contribution in [0.3, 0.4) is 0 Å². The molecule has 2 aromatic rings. The van der Waals surface area contributed by atoms with Crippen LogP contribution in [0.2, 0.25) is 5.02 Å². The maximum absolute atomic E-state index is 5.90. The summed E-state index contributed by atoms with van der Waals surface area (Å²) < 4.78 is 0. The van der Waals surface area contributed by atoms with Crippen molar-refractivity contribution < 1.29 is 0 Å². The minimum atomic E-state index is 0.200. The van der Waals surface area contributed by atoms with Crippen LogP contribution in [-0.2, 0) is 5.41 Å². The Morgan fingerprint density at radius 3 is 1.95 bits per heavy atom. The van der Waals surface area contributed by atoms with Crippen molar-refractivity contribution in [2.75, 3.05) is 5.32 Å². The van der Waals surface area contributed by atoms with Gasteiger partial charge in [0.1, 0.15) is 0 Å². The SMILES string of the molecule is CC(Nc1ccc(Cl)cc1)c1ccc(C(C)(C)C)cc1. The van der Waals surface area contributed by atoms with Gasteiger partial charge in [-0.1, -0.05) is 56.6 Å². The number of benzene rings is 2. The molecule has 0 bridgehead atoms. The Hall–Kier alpha value is -1.47. The number of nitrogens with one attached hydrogen (secondary N) is 1. The van der Waals surface area contributed by atoms with Gasteiger partial charge in [-0.05, 0) is 47.7 Å². The summed E-state index contributed by atoms with van der Waals surface area (Å²) in [7, 11) is 0. The topological polar surface area (TPSA) is 12.0 Å². The van der Waals surface area contributed by atoms with Gasteiger partial charge in [-0.2, -0.15) is 0 Å². The summed E-state index contributed by atoms with van der Waals surface area (Å²) >= 11 is 5.90. The van der Waals surface area contributed by atoms with Crippen LogP contribution in [-0.4, -0.2) is 0 Å². The van der Waals surface area contributed by atoms with E-state index in [2.05, 4.69) is 57.3 Å². The third-order valence-corrected chi connectivity index (χ3v) is 3.76. The molecule has 20 heavy (non-hydrogen) atoms. The van der Waals surface area contributed by atoms with Gasteiger partial charge in [-0.3, -0.25) is 0 Å². The van der Waals surface area contributed by atoms with E-state index in [0.29, 0.717) is 0 Å². The molecular weight excluding hydrogens is 266 g/mol. The molecule has 0 aromatic heterocycles. The normalized spacial score (nSPS) is 13.1. The van der Waals surface area contributed by atoms with Gasteiger partial charge in [0.2, 0.25) is 0 Å². The summed E-state index contributed by atoms with van der Waals surface area (Å²) in [4.78, 5) is 0. The van der Waals surface area contributed by atoms with Gasteiger partial charge in [0.25, 0.3) is 0 Å². The highest BCUT2D eigenvalue weighted by atomic mass is 35.5. The summed E-state index contributed by atoms with van der Waals surface area (Å²) in [5.74, 6) is 0. The van der Waals surface area contributed by atoms with Crippen molar-refractivity contribution >= 4 is 17.3 Å². The van der Waals surface area contributed by atoms with E-state index in [1.807, 2.05) is 24.3 Å². The molecule has 2 aromatic carbocycles. The standard InChI is InChI=1S/C18H22ClN/c1-13(20-17-11-9-16(19)10-12-17)14-5-7-15(8-6-14)18(2,3)4/h5-13,20H,1-4H3. The average molecular weight is 288 g/mol. The third kappa shape index (κ3) is 3.77. The fourth-order valence-electron chi connectivity index (χ4n) is 2.15. The Morgan fingerprint density at radius 1 is 0.900 bits per heavy atom. The van der Waals surface area contributed by atoms with E-state index in [1.54, 1.807) is 0 Å². The summed E-state index contributed by atoms with van der Waals surface area (Å²) in [6.45, 7) is 8.87. The van der Waals surface area contributed by atoms with Gasteiger partial charge in [0.05, 0.1) is 0 Å². The largest absolute Gasteiger partial charge is 0.379 e. The summed E-state index contributed by atoms with van der Waals surface area (Å²) in [6.07, 6.45) is 0. The van der Waals surface area contributed by atoms with E-state index in [0.717, 1.165) is 10.7 Å². The van der Waals surface area contributed by atoms with Crippen LogP contribution in [0.15, 0.2) is 48.5 Å². The second-order valence-corrected chi connectivity index (χ2v) is 6.68. The van der Waals surface area contributed by atoms with Gasteiger partial charge in [0.15, 0.2) is 0 Å². The Balaban J connectivity index is 2.09. The highest BCUT2D eigenvalue weighted by Gasteiger charge is 2.14. The van der Waals surface area contributed by atoms with E-state index in [4.69, 9.17) is 11.6 Å². The van der Waals surface area contributed by atoms with Gasteiger partial charge in [0, 0.05) is 16.8 Å². The summed E-state index contributed by atoms with van der Waals surface area (Å²) in [5.41, 5.74) is 3.93. The first kappa shape index (κ1) is 14.9. The minimum Gasteiger partial charge on any atom is -0.379 e. The van der Waals surface area contributed by atoms with Crippen molar-refractivity contribution in [3.8, 4) is 0 Å². The molecule has 1 unspecified atom stereocenters. The second kappa shape index (κ2) is 5.88. The number of rotatable bonds is 3. The lowest BCUT2D eigenvalue weighted by Crippen LogP contribution is -2.12. The quantitative estimate of drug-likeness (QED) is 0.751. The first-order valence-corrected chi connectivity index (χ1v) is 7.36. The van der Waals surface area contributed by atoms with E-state index in [1.165, 1.54) is 11.1 Å². The first-order chi connectivity index (χ1) is 9.36. The van der Waals surface area contributed by atoms with Crippen molar-refractivity contribution in [2.45, 2.75) is 39.2 Å². The van der Waals surface area contributed by atoms with Crippen molar-refractivity contribution in [3.05, 3.63) is 64.7 Å². The van der Waals surface area contributed by atoms with Crippen molar-refractivity contribution in [2.24, 2.45) is 0 Å². The van der Waals surface area contributed by atoms with E-state index in [9.17, 15) is 0 Å². The fraction of sp³-hybridized carbons (Fsp3) is 0.333. The maximum Gasteiger partial charge on any atom is 0.0485 e. The Kier molecular flexibility index (Phi) is 4.39. The third-order valence-electron chi connectivity index (χ3n) is 3.50. The van der Waals surface area contributed by atoms with Crippen LogP contribution in [0.5, 0.6) is 0 Å². The van der Waals surface area contributed by atoms with E-state index in [-0.39, 0.29) is 11.5 Å². The number of hydrogen-bond acceptors (Lipinski definition) is 1. The first-order valence-electron chi connectivity index (χ1n) is 6.99. The maximum atomic E-state index is 5.90. The molecule has 106 valence electrons. The van der Waals surface area contributed by atoms with Crippen molar-refractivity contribution in [3.63, 3.8) is 0 Å². The zero-order valence-corrected chi connectivity index (χ0v) is 13.3. The molecule has 2 rings (SSSR count). The molecule has 1 atom stereocenters. The molecule has 1 nitrogen and oxygen atoms in total. The molecular formula is C18H22ClN. The highest BCUT2D eigenvalue weighted by molar-refractivity contribution is 6.30. The average Bonchev–Trinajstić information content (AvgIpc) is 2.40. The minimum absolute atomic E-state index is 0.200. The lowest BCUT2D eigenvalue weighted by atomic mass is 9.86. The van der Waals surface area contributed by atoms with Gasteiger partial charge < -0.3 is 5.32 Å². The molecule has 2 heteroatoms.